The first-order valence-corrected chi connectivity index (χ1v) is 6.20. The van der Waals surface area contributed by atoms with E-state index in [1.54, 1.807) is 0 Å². The predicted octanol–water partition coefficient (Wildman–Crippen LogP) is 3.15. The molecule has 0 aromatic heterocycles. The maximum Gasteiger partial charge on any atom is 0.0636 e. The second kappa shape index (κ2) is 8.25. The van der Waals surface area contributed by atoms with Gasteiger partial charge in [-0.25, -0.2) is 0 Å². The number of nitrogens with two attached hydrogens (primary N) is 2. The van der Waals surface area contributed by atoms with Gasteiger partial charge in [0, 0.05) is 0 Å². The lowest BCUT2D eigenvalue weighted by Crippen LogP contribution is -2.48. The lowest BCUT2D eigenvalue weighted by molar-refractivity contribution is 0.357. The van der Waals surface area contributed by atoms with Crippen molar-refractivity contribution in [3.8, 4) is 0 Å². The van der Waals surface area contributed by atoms with E-state index in [2.05, 4.69) is 13.8 Å². The number of hydrogen-bond donors (Lipinski definition) is 2. The zero-order valence-corrected chi connectivity index (χ0v) is 10.0. The molecular weight excluding hydrogens is 172 g/mol. The Morgan fingerprint density at radius 3 is 1.86 bits per heavy atom. The van der Waals surface area contributed by atoms with E-state index in [4.69, 9.17) is 11.5 Å². The average Bonchev–Trinajstić information content (AvgIpc) is 2.11. The molecule has 0 heterocycles. The van der Waals surface area contributed by atoms with E-state index in [0.29, 0.717) is 0 Å². The van der Waals surface area contributed by atoms with Gasteiger partial charge in [0.05, 0.1) is 5.66 Å². The van der Waals surface area contributed by atoms with Crippen LogP contribution in [0, 0.1) is 0 Å². The van der Waals surface area contributed by atoms with Crippen LogP contribution in [0.3, 0.4) is 0 Å². The standard InChI is InChI=1S/C12H28N2/c1-3-5-6-7-8-9-11-12(13,14)10-4-2/h3-11,13-14H2,1-2H3. The van der Waals surface area contributed by atoms with Crippen LogP contribution in [-0.2, 0) is 0 Å². The maximum absolute atomic E-state index is 5.95. The molecule has 14 heavy (non-hydrogen) atoms. The first-order chi connectivity index (χ1) is 6.62. The van der Waals surface area contributed by atoms with E-state index in [0.717, 1.165) is 19.3 Å². The lowest BCUT2D eigenvalue weighted by atomic mass is 9.98. The van der Waals surface area contributed by atoms with Gasteiger partial charge in [-0.1, -0.05) is 58.8 Å². The van der Waals surface area contributed by atoms with Gasteiger partial charge in [-0.3, -0.25) is 0 Å². The summed E-state index contributed by atoms with van der Waals surface area (Å²) in [6.07, 6.45) is 10.9. The third-order valence-electron chi connectivity index (χ3n) is 2.71. The minimum Gasteiger partial charge on any atom is -0.313 e. The molecule has 0 fully saturated rings. The van der Waals surface area contributed by atoms with E-state index in [-0.39, 0.29) is 0 Å². The molecule has 0 aliphatic carbocycles. The first kappa shape index (κ1) is 13.9. The Balaban J connectivity index is 3.26. The minimum atomic E-state index is -0.403. The van der Waals surface area contributed by atoms with Crippen LogP contribution in [-0.4, -0.2) is 5.66 Å². The summed E-state index contributed by atoms with van der Waals surface area (Å²) in [5.41, 5.74) is 11.5. The van der Waals surface area contributed by atoms with Gasteiger partial charge in [0.1, 0.15) is 0 Å². The van der Waals surface area contributed by atoms with Crippen molar-refractivity contribution in [2.45, 2.75) is 77.3 Å². The Kier molecular flexibility index (Phi) is 8.20. The van der Waals surface area contributed by atoms with Crippen molar-refractivity contribution in [2.24, 2.45) is 11.5 Å². The molecule has 0 saturated carbocycles. The minimum absolute atomic E-state index is 0.403. The number of hydrogen-bond acceptors (Lipinski definition) is 2. The third-order valence-corrected chi connectivity index (χ3v) is 2.71. The zero-order valence-electron chi connectivity index (χ0n) is 10.0. The van der Waals surface area contributed by atoms with E-state index >= 15 is 0 Å². The van der Waals surface area contributed by atoms with Crippen molar-refractivity contribution in [3.05, 3.63) is 0 Å². The molecule has 0 aliphatic heterocycles. The summed E-state index contributed by atoms with van der Waals surface area (Å²) in [7, 11) is 0. The predicted molar refractivity (Wildman–Crippen MR) is 64.0 cm³/mol. The summed E-state index contributed by atoms with van der Waals surface area (Å²) in [6.45, 7) is 4.38. The first-order valence-electron chi connectivity index (χ1n) is 6.20. The highest BCUT2D eigenvalue weighted by Crippen LogP contribution is 2.14. The monoisotopic (exact) mass is 200 g/mol. The molecule has 2 nitrogen and oxygen atoms in total. The Hall–Kier alpha value is -0.0800. The molecule has 0 saturated heterocycles. The van der Waals surface area contributed by atoms with Crippen molar-refractivity contribution in [1.82, 2.24) is 0 Å². The number of rotatable bonds is 9. The van der Waals surface area contributed by atoms with Crippen LogP contribution in [0.5, 0.6) is 0 Å². The van der Waals surface area contributed by atoms with Crippen LogP contribution in [0.2, 0.25) is 0 Å². The molecule has 0 aromatic rings. The van der Waals surface area contributed by atoms with Gasteiger partial charge in [0.25, 0.3) is 0 Å². The molecule has 0 unspecified atom stereocenters. The van der Waals surface area contributed by atoms with Gasteiger partial charge in [0.15, 0.2) is 0 Å². The van der Waals surface area contributed by atoms with Crippen LogP contribution in [0.1, 0.15) is 71.6 Å². The van der Waals surface area contributed by atoms with Crippen molar-refractivity contribution in [3.63, 3.8) is 0 Å². The smallest absolute Gasteiger partial charge is 0.0636 e. The quantitative estimate of drug-likeness (QED) is 0.444. The second-order valence-corrected chi connectivity index (χ2v) is 4.50. The van der Waals surface area contributed by atoms with Crippen LogP contribution < -0.4 is 11.5 Å². The summed E-state index contributed by atoms with van der Waals surface area (Å²) in [5, 5.41) is 0. The second-order valence-electron chi connectivity index (χ2n) is 4.50. The summed E-state index contributed by atoms with van der Waals surface area (Å²) < 4.78 is 0. The highest BCUT2D eigenvalue weighted by molar-refractivity contribution is 4.75. The highest BCUT2D eigenvalue weighted by atomic mass is 14.9. The summed E-state index contributed by atoms with van der Waals surface area (Å²) in [5.74, 6) is 0. The van der Waals surface area contributed by atoms with Crippen molar-refractivity contribution < 1.29 is 0 Å². The molecule has 4 N–H and O–H groups in total. The number of unbranched alkanes of at least 4 members (excludes halogenated alkanes) is 5. The SMILES string of the molecule is CCCCCCCCC(N)(N)CCC. The van der Waals surface area contributed by atoms with Gasteiger partial charge in [0.2, 0.25) is 0 Å². The molecular formula is C12H28N2. The molecule has 0 rings (SSSR count). The Morgan fingerprint density at radius 1 is 0.714 bits per heavy atom. The van der Waals surface area contributed by atoms with Gasteiger partial charge in [-0.05, 0) is 12.8 Å². The molecule has 0 bridgehead atoms. The summed E-state index contributed by atoms with van der Waals surface area (Å²) >= 11 is 0. The van der Waals surface area contributed by atoms with Gasteiger partial charge < -0.3 is 11.5 Å². The normalized spacial score (nSPS) is 12.0. The van der Waals surface area contributed by atoms with E-state index in [1.807, 2.05) is 0 Å². The molecule has 86 valence electrons. The Morgan fingerprint density at radius 2 is 1.29 bits per heavy atom. The molecule has 0 aliphatic rings. The summed E-state index contributed by atoms with van der Waals surface area (Å²) in [6, 6.07) is 0. The lowest BCUT2D eigenvalue weighted by Gasteiger charge is -2.23. The van der Waals surface area contributed by atoms with Crippen LogP contribution in [0.4, 0.5) is 0 Å². The Bertz CT molecular complexity index is 121. The fourth-order valence-corrected chi connectivity index (χ4v) is 1.82. The molecule has 0 radical (unpaired) electrons. The summed E-state index contributed by atoms with van der Waals surface area (Å²) in [4.78, 5) is 0. The molecule has 0 aromatic carbocycles. The maximum atomic E-state index is 5.95. The largest absolute Gasteiger partial charge is 0.313 e. The van der Waals surface area contributed by atoms with E-state index in [1.165, 1.54) is 38.5 Å². The van der Waals surface area contributed by atoms with E-state index < -0.39 is 5.66 Å². The van der Waals surface area contributed by atoms with Crippen LogP contribution >= 0.6 is 0 Å². The zero-order chi connectivity index (χ0) is 10.9. The van der Waals surface area contributed by atoms with Gasteiger partial charge in [-0.2, -0.15) is 0 Å². The average molecular weight is 200 g/mol. The van der Waals surface area contributed by atoms with E-state index in [9.17, 15) is 0 Å². The van der Waals surface area contributed by atoms with Crippen LogP contribution in [0.15, 0.2) is 0 Å². The molecule has 0 spiro atoms. The molecule has 0 atom stereocenters. The highest BCUT2D eigenvalue weighted by Gasteiger charge is 2.16. The fraction of sp³-hybridized carbons (Fsp3) is 1.00. The van der Waals surface area contributed by atoms with Crippen molar-refractivity contribution in [1.29, 1.82) is 0 Å². The Labute approximate surface area is 89.4 Å². The van der Waals surface area contributed by atoms with Crippen LogP contribution in [0.25, 0.3) is 0 Å². The molecule has 2 heteroatoms. The van der Waals surface area contributed by atoms with Gasteiger partial charge in [-0.15, -0.1) is 0 Å². The van der Waals surface area contributed by atoms with Crippen molar-refractivity contribution >= 4 is 0 Å². The fourth-order valence-electron chi connectivity index (χ4n) is 1.82. The van der Waals surface area contributed by atoms with Gasteiger partial charge >= 0.3 is 0 Å². The molecule has 0 amide bonds. The third kappa shape index (κ3) is 8.52. The van der Waals surface area contributed by atoms with Crippen molar-refractivity contribution in [2.75, 3.05) is 0 Å². The topological polar surface area (TPSA) is 52.0 Å².